The summed E-state index contributed by atoms with van der Waals surface area (Å²) in [4.78, 5) is 13.9. The lowest BCUT2D eigenvalue weighted by atomic mass is 10.2. The topological polar surface area (TPSA) is 80.5 Å². The van der Waals surface area contributed by atoms with Gasteiger partial charge in [-0.25, -0.2) is 8.42 Å². The Kier molecular flexibility index (Phi) is 4.89. The molecule has 0 aliphatic carbocycles. The molecule has 0 fully saturated rings. The van der Waals surface area contributed by atoms with E-state index in [1.807, 2.05) is 6.07 Å². The maximum Gasteiger partial charge on any atom is 0.244 e. The molecule has 1 heterocycles. The van der Waals surface area contributed by atoms with E-state index in [1.54, 1.807) is 45.2 Å². The molecular weight excluding hydrogens is 316 g/mol. The molecule has 0 bridgehead atoms. The molecule has 1 atom stereocenters. The van der Waals surface area contributed by atoms with Gasteiger partial charge in [-0.3, -0.25) is 4.79 Å². The molecule has 2 rings (SSSR count). The molecule has 23 heavy (non-hydrogen) atoms. The summed E-state index contributed by atoms with van der Waals surface area (Å²) >= 11 is 0. The van der Waals surface area contributed by atoms with E-state index in [1.165, 1.54) is 11.8 Å². The Morgan fingerprint density at radius 2 is 1.87 bits per heavy atom. The molecule has 0 saturated heterocycles. The van der Waals surface area contributed by atoms with Gasteiger partial charge in [-0.1, -0.05) is 23.4 Å². The summed E-state index contributed by atoms with van der Waals surface area (Å²) in [5.41, 5.74) is 1.70. The number of sulfone groups is 1. The molecule has 0 aliphatic rings. The highest BCUT2D eigenvalue weighted by atomic mass is 32.2. The molecule has 0 spiro atoms. The van der Waals surface area contributed by atoms with Crippen molar-refractivity contribution in [1.82, 2.24) is 5.16 Å². The van der Waals surface area contributed by atoms with Crippen molar-refractivity contribution in [2.24, 2.45) is 0 Å². The maximum atomic E-state index is 12.6. The summed E-state index contributed by atoms with van der Waals surface area (Å²) in [6, 6.07) is 8.93. The fraction of sp³-hybridized carbons (Fsp3) is 0.375. The van der Waals surface area contributed by atoms with Crippen LogP contribution in [0.3, 0.4) is 0 Å². The first-order valence-electron chi connectivity index (χ1n) is 7.20. The average molecular weight is 336 g/mol. The van der Waals surface area contributed by atoms with Crippen LogP contribution in [0.15, 0.2) is 34.9 Å². The smallest absolute Gasteiger partial charge is 0.244 e. The predicted molar refractivity (Wildman–Crippen MR) is 87.9 cm³/mol. The second-order valence-corrected chi connectivity index (χ2v) is 7.81. The number of amides is 1. The lowest BCUT2D eigenvalue weighted by Crippen LogP contribution is -2.40. The molecule has 2 aromatic rings. The first-order valence-corrected chi connectivity index (χ1v) is 8.91. The summed E-state index contributed by atoms with van der Waals surface area (Å²) in [7, 11) is -2.10. The Hall–Kier alpha value is -2.15. The van der Waals surface area contributed by atoms with Crippen molar-refractivity contribution in [1.29, 1.82) is 0 Å². The maximum absolute atomic E-state index is 12.6. The van der Waals surface area contributed by atoms with Crippen LogP contribution in [0, 0.1) is 13.8 Å². The van der Waals surface area contributed by atoms with Crippen LogP contribution in [0.1, 0.15) is 23.9 Å². The number of aryl methyl sites for hydroxylation is 2. The van der Waals surface area contributed by atoms with Gasteiger partial charge in [0.05, 0.1) is 11.4 Å². The first kappa shape index (κ1) is 17.2. The van der Waals surface area contributed by atoms with Gasteiger partial charge in [-0.05, 0) is 32.9 Å². The minimum atomic E-state index is -3.67. The number of anilines is 1. The van der Waals surface area contributed by atoms with E-state index >= 15 is 0 Å². The van der Waals surface area contributed by atoms with E-state index in [2.05, 4.69) is 5.16 Å². The monoisotopic (exact) mass is 336 g/mol. The number of hydrogen-bond donors (Lipinski definition) is 0. The summed E-state index contributed by atoms with van der Waals surface area (Å²) < 4.78 is 30.1. The van der Waals surface area contributed by atoms with Crippen molar-refractivity contribution in [3.8, 4) is 0 Å². The minimum absolute atomic E-state index is 0.260. The highest BCUT2D eigenvalue weighted by molar-refractivity contribution is 7.92. The van der Waals surface area contributed by atoms with E-state index in [0.717, 1.165) is 0 Å². The molecule has 0 N–H and O–H groups in total. The number of aromatic nitrogens is 1. The van der Waals surface area contributed by atoms with Crippen LogP contribution in [0.4, 0.5) is 5.69 Å². The second-order valence-electron chi connectivity index (χ2n) is 5.48. The van der Waals surface area contributed by atoms with Gasteiger partial charge in [0.1, 0.15) is 11.0 Å². The number of rotatable bonds is 5. The Labute approximate surface area is 136 Å². The van der Waals surface area contributed by atoms with Crippen LogP contribution in [-0.4, -0.2) is 31.8 Å². The highest BCUT2D eigenvalue weighted by Crippen LogP contribution is 2.21. The third-order valence-electron chi connectivity index (χ3n) is 3.89. The molecule has 0 saturated carbocycles. The molecule has 1 aromatic heterocycles. The predicted octanol–water partition coefficient (Wildman–Crippen LogP) is 2.26. The first-order chi connectivity index (χ1) is 10.7. The zero-order valence-electron chi connectivity index (χ0n) is 13.6. The lowest BCUT2D eigenvalue weighted by molar-refractivity contribution is -0.117. The normalized spacial score (nSPS) is 12.9. The summed E-state index contributed by atoms with van der Waals surface area (Å²) in [6.45, 7) is 4.76. The molecule has 1 aromatic carbocycles. The number of carbonyl (C=O) groups is 1. The van der Waals surface area contributed by atoms with Gasteiger partial charge in [0.15, 0.2) is 9.84 Å². The SMILES string of the molecule is Cc1noc(C)c1CS(=O)(=O)[C@H](C)C(=O)N(C)c1ccccc1. The Morgan fingerprint density at radius 3 is 2.39 bits per heavy atom. The number of nitrogens with zero attached hydrogens (tertiary/aromatic N) is 2. The highest BCUT2D eigenvalue weighted by Gasteiger charge is 2.32. The lowest BCUT2D eigenvalue weighted by Gasteiger charge is -2.21. The van der Waals surface area contributed by atoms with E-state index in [4.69, 9.17) is 4.52 Å². The molecule has 0 unspecified atom stereocenters. The Bertz CT molecular complexity index is 777. The zero-order chi connectivity index (χ0) is 17.2. The van der Waals surface area contributed by atoms with Gasteiger partial charge in [-0.2, -0.15) is 0 Å². The third-order valence-corrected chi connectivity index (χ3v) is 5.86. The van der Waals surface area contributed by atoms with E-state index in [0.29, 0.717) is 22.7 Å². The van der Waals surface area contributed by atoms with Crippen molar-refractivity contribution >= 4 is 21.4 Å². The number of benzene rings is 1. The summed E-state index contributed by atoms with van der Waals surface area (Å²) in [6.07, 6.45) is 0. The largest absolute Gasteiger partial charge is 0.361 e. The van der Waals surface area contributed by atoms with Gasteiger partial charge in [0, 0.05) is 18.3 Å². The molecule has 7 heteroatoms. The molecule has 124 valence electrons. The molecule has 0 radical (unpaired) electrons. The third kappa shape index (κ3) is 3.61. The summed E-state index contributed by atoms with van der Waals surface area (Å²) in [5.74, 6) is -0.269. The van der Waals surface area contributed by atoms with E-state index in [-0.39, 0.29) is 5.75 Å². The van der Waals surface area contributed by atoms with Crippen molar-refractivity contribution in [3.05, 3.63) is 47.3 Å². The van der Waals surface area contributed by atoms with Crippen LogP contribution in [0.25, 0.3) is 0 Å². The van der Waals surface area contributed by atoms with Gasteiger partial charge >= 0.3 is 0 Å². The van der Waals surface area contributed by atoms with Gasteiger partial charge in [0.2, 0.25) is 5.91 Å². The van der Waals surface area contributed by atoms with Crippen LogP contribution in [0.5, 0.6) is 0 Å². The van der Waals surface area contributed by atoms with Crippen molar-refractivity contribution < 1.29 is 17.7 Å². The fourth-order valence-electron chi connectivity index (χ4n) is 2.24. The number of carbonyl (C=O) groups excluding carboxylic acids is 1. The number of hydrogen-bond acceptors (Lipinski definition) is 5. The van der Waals surface area contributed by atoms with Crippen LogP contribution in [-0.2, 0) is 20.4 Å². The Morgan fingerprint density at radius 1 is 1.26 bits per heavy atom. The van der Waals surface area contributed by atoms with Crippen molar-refractivity contribution in [2.45, 2.75) is 31.8 Å². The quantitative estimate of drug-likeness (QED) is 0.836. The average Bonchev–Trinajstić information content (AvgIpc) is 2.85. The number of para-hydroxylation sites is 1. The van der Waals surface area contributed by atoms with Gasteiger partial charge in [-0.15, -0.1) is 0 Å². The standard InChI is InChI=1S/C16H20N2O4S/c1-11-15(12(2)22-17-11)10-23(20,21)13(3)16(19)18(4)14-8-6-5-7-9-14/h5-9,13H,10H2,1-4H3/t13-/m1/s1. The van der Waals surface area contributed by atoms with Gasteiger partial charge < -0.3 is 9.42 Å². The molecule has 1 amide bonds. The van der Waals surface area contributed by atoms with Crippen LogP contribution >= 0.6 is 0 Å². The van der Waals surface area contributed by atoms with Crippen LogP contribution in [0.2, 0.25) is 0 Å². The minimum Gasteiger partial charge on any atom is -0.361 e. The molecule has 6 nitrogen and oxygen atoms in total. The van der Waals surface area contributed by atoms with Crippen LogP contribution < -0.4 is 4.90 Å². The second kappa shape index (κ2) is 6.54. The Balaban J connectivity index is 2.21. The van der Waals surface area contributed by atoms with Gasteiger partial charge in [0.25, 0.3) is 0 Å². The molecular formula is C16H20N2O4S. The van der Waals surface area contributed by atoms with Crippen molar-refractivity contribution in [2.75, 3.05) is 11.9 Å². The summed E-state index contributed by atoms with van der Waals surface area (Å²) in [5, 5.41) is 2.60. The van der Waals surface area contributed by atoms with E-state index in [9.17, 15) is 13.2 Å². The van der Waals surface area contributed by atoms with Crippen molar-refractivity contribution in [3.63, 3.8) is 0 Å². The molecule has 0 aliphatic heterocycles. The fourth-order valence-corrected chi connectivity index (χ4v) is 3.77. The zero-order valence-corrected chi connectivity index (χ0v) is 14.4. The van der Waals surface area contributed by atoms with E-state index < -0.39 is 21.0 Å².